The van der Waals surface area contributed by atoms with E-state index < -0.39 is 12.0 Å². The van der Waals surface area contributed by atoms with Crippen LogP contribution in [0.15, 0.2) is 24.3 Å². The van der Waals surface area contributed by atoms with Crippen molar-refractivity contribution in [1.29, 1.82) is 0 Å². The van der Waals surface area contributed by atoms with Crippen molar-refractivity contribution >= 4 is 12.4 Å². The maximum atomic E-state index is 11.2. The van der Waals surface area contributed by atoms with Crippen molar-refractivity contribution in [1.82, 2.24) is 4.90 Å². The van der Waals surface area contributed by atoms with Gasteiger partial charge in [0.2, 0.25) is 6.41 Å². The Morgan fingerprint density at radius 1 is 1.50 bits per heavy atom. The fourth-order valence-corrected chi connectivity index (χ4v) is 1.71. The van der Waals surface area contributed by atoms with Gasteiger partial charge in [-0.15, -0.1) is 0 Å². The third kappa shape index (κ3) is 2.39. The van der Waals surface area contributed by atoms with E-state index in [9.17, 15) is 9.59 Å². The molecule has 16 heavy (non-hydrogen) atoms. The van der Waals surface area contributed by atoms with Gasteiger partial charge in [-0.25, -0.2) is 4.79 Å². The maximum Gasteiger partial charge on any atom is 0.331 e. The van der Waals surface area contributed by atoms with Crippen molar-refractivity contribution in [3.05, 3.63) is 35.4 Å². The molecule has 0 aliphatic carbocycles. The molecule has 0 spiro atoms. The summed E-state index contributed by atoms with van der Waals surface area (Å²) in [5.74, 6) is -1.02. The lowest BCUT2D eigenvalue weighted by molar-refractivity contribution is -0.145. The first-order valence-corrected chi connectivity index (χ1v) is 5.09. The SMILES string of the molecule is CCc1ccccc1C(C(=O)O)N(C)C=O. The lowest BCUT2D eigenvalue weighted by atomic mass is 9.98. The molecule has 0 heterocycles. The van der Waals surface area contributed by atoms with E-state index in [1.807, 2.05) is 19.1 Å². The molecular formula is C12H15NO3. The van der Waals surface area contributed by atoms with Gasteiger partial charge in [-0.2, -0.15) is 0 Å². The molecule has 1 amide bonds. The fourth-order valence-electron chi connectivity index (χ4n) is 1.71. The highest BCUT2D eigenvalue weighted by Gasteiger charge is 2.25. The second kappa shape index (κ2) is 5.30. The Bertz CT molecular complexity index is 390. The molecule has 0 saturated heterocycles. The summed E-state index contributed by atoms with van der Waals surface area (Å²) in [4.78, 5) is 23.0. The number of aryl methyl sites for hydroxylation is 1. The first-order valence-electron chi connectivity index (χ1n) is 5.09. The van der Waals surface area contributed by atoms with Crippen LogP contribution in [0.5, 0.6) is 0 Å². The Labute approximate surface area is 94.5 Å². The summed E-state index contributed by atoms with van der Waals surface area (Å²) < 4.78 is 0. The Kier molecular flexibility index (Phi) is 4.05. The van der Waals surface area contributed by atoms with E-state index in [2.05, 4.69) is 0 Å². The molecule has 1 aromatic carbocycles. The lowest BCUT2D eigenvalue weighted by Gasteiger charge is -2.22. The van der Waals surface area contributed by atoms with E-state index in [0.717, 1.165) is 16.9 Å². The number of hydrogen-bond acceptors (Lipinski definition) is 2. The Morgan fingerprint density at radius 3 is 2.62 bits per heavy atom. The second-order valence-corrected chi connectivity index (χ2v) is 3.56. The first-order chi connectivity index (χ1) is 7.61. The van der Waals surface area contributed by atoms with Crippen LogP contribution in [-0.2, 0) is 16.0 Å². The quantitative estimate of drug-likeness (QED) is 0.766. The van der Waals surface area contributed by atoms with Gasteiger partial charge in [-0.1, -0.05) is 31.2 Å². The van der Waals surface area contributed by atoms with E-state index in [0.29, 0.717) is 12.0 Å². The molecule has 0 aliphatic heterocycles. The van der Waals surface area contributed by atoms with Gasteiger partial charge in [0, 0.05) is 7.05 Å². The van der Waals surface area contributed by atoms with Crippen LogP contribution < -0.4 is 0 Å². The number of benzene rings is 1. The largest absolute Gasteiger partial charge is 0.479 e. The number of aliphatic carboxylic acids is 1. The monoisotopic (exact) mass is 221 g/mol. The number of likely N-dealkylation sites (N-methyl/N-ethyl adjacent to an activating group) is 1. The van der Waals surface area contributed by atoms with Crippen LogP contribution in [-0.4, -0.2) is 29.4 Å². The normalized spacial score (nSPS) is 11.9. The number of carbonyl (C=O) groups excluding carboxylic acids is 1. The van der Waals surface area contributed by atoms with Crippen LogP contribution in [0.2, 0.25) is 0 Å². The molecule has 4 heteroatoms. The minimum Gasteiger partial charge on any atom is -0.479 e. The number of amides is 1. The molecule has 1 unspecified atom stereocenters. The molecule has 1 rings (SSSR count). The van der Waals surface area contributed by atoms with E-state index in [-0.39, 0.29) is 0 Å². The number of rotatable bonds is 5. The average molecular weight is 221 g/mol. The highest BCUT2D eigenvalue weighted by atomic mass is 16.4. The van der Waals surface area contributed by atoms with Crippen molar-refractivity contribution < 1.29 is 14.7 Å². The minimum atomic E-state index is -1.02. The van der Waals surface area contributed by atoms with Crippen molar-refractivity contribution in [2.24, 2.45) is 0 Å². The molecule has 4 nitrogen and oxygen atoms in total. The summed E-state index contributed by atoms with van der Waals surface area (Å²) in [6.45, 7) is 1.96. The molecule has 86 valence electrons. The Morgan fingerprint density at radius 2 is 2.12 bits per heavy atom. The number of carboxylic acids is 1. The number of carbonyl (C=O) groups is 2. The van der Waals surface area contributed by atoms with E-state index >= 15 is 0 Å². The molecule has 0 fully saturated rings. The number of nitrogens with zero attached hydrogens (tertiary/aromatic N) is 1. The third-order valence-corrected chi connectivity index (χ3v) is 2.54. The lowest BCUT2D eigenvalue weighted by Crippen LogP contribution is -2.30. The van der Waals surface area contributed by atoms with Gasteiger partial charge < -0.3 is 10.0 Å². The summed E-state index contributed by atoms with van der Waals surface area (Å²) in [5.41, 5.74) is 1.62. The van der Waals surface area contributed by atoms with Crippen molar-refractivity contribution in [2.75, 3.05) is 7.05 Å². The van der Waals surface area contributed by atoms with Gasteiger partial charge in [-0.3, -0.25) is 4.79 Å². The maximum absolute atomic E-state index is 11.2. The van der Waals surface area contributed by atoms with Gasteiger partial charge in [0.15, 0.2) is 6.04 Å². The van der Waals surface area contributed by atoms with E-state index in [4.69, 9.17) is 5.11 Å². The Balaban J connectivity index is 3.20. The van der Waals surface area contributed by atoms with Gasteiger partial charge in [0.1, 0.15) is 0 Å². The zero-order valence-electron chi connectivity index (χ0n) is 9.38. The topological polar surface area (TPSA) is 57.6 Å². The predicted molar refractivity (Wildman–Crippen MR) is 60.0 cm³/mol. The summed E-state index contributed by atoms with van der Waals surface area (Å²) in [6, 6.07) is 6.36. The van der Waals surface area contributed by atoms with Crippen LogP contribution in [0, 0.1) is 0 Å². The standard InChI is InChI=1S/C12H15NO3/c1-3-9-6-4-5-7-10(9)11(12(15)16)13(2)8-14/h4-8,11H,3H2,1-2H3,(H,15,16). The van der Waals surface area contributed by atoms with Gasteiger partial charge in [0.25, 0.3) is 0 Å². The van der Waals surface area contributed by atoms with Crippen molar-refractivity contribution in [2.45, 2.75) is 19.4 Å². The van der Waals surface area contributed by atoms with Crippen LogP contribution >= 0.6 is 0 Å². The zero-order chi connectivity index (χ0) is 12.1. The van der Waals surface area contributed by atoms with Crippen LogP contribution in [0.25, 0.3) is 0 Å². The molecule has 1 N–H and O–H groups in total. The van der Waals surface area contributed by atoms with Crippen molar-refractivity contribution in [3.8, 4) is 0 Å². The van der Waals surface area contributed by atoms with Crippen molar-refractivity contribution in [3.63, 3.8) is 0 Å². The van der Waals surface area contributed by atoms with E-state index in [1.54, 1.807) is 12.1 Å². The molecule has 0 bridgehead atoms. The van der Waals surface area contributed by atoms with Gasteiger partial charge >= 0.3 is 5.97 Å². The van der Waals surface area contributed by atoms with Crippen LogP contribution in [0.3, 0.4) is 0 Å². The van der Waals surface area contributed by atoms with Gasteiger partial charge in [-0.05, 0) is 17.5 Å². The fraction of sp³-hybridized carbons (Fsp3) is 0.333. The molecule has 0 radical (unpaired) electrons. The molecule has 0 saturated carbocycles. The van der Waals surface area contributed by atoms with Crippen LogP contribution in [0.1, 0.15) is 24.1 Å². The van der Waals surface area contributed by atoms with Crippen LogP contribution in [0.4, 0.5) is 0 Å². The first kappa shape index (κ1) is 12.2. The summed E-state index contributed by atoms with van der Waals surface area (Å²) >= 11 is 0. The smallest absolute Gasteiger partial charge is 0.331 e. The summed E-state index contributed by atoms with van der Waals surface area (Å²) in [5, 5.41) is 9.15. The predicted octanol–water partition coefficient (Wildman–Crippen LogP) is 1.46. The highest BCUT2D eigenvalue weighted by molar-refractivity contribution is 5.78. The molecule has 0 aliphatic rings. The number of carboxylic acid groups (broad SMARTS) is 1. The molecule has 1 aromatic rings. The summed E-state index contributed by atoms with van der Waals surface area (Å²) in [7, 11) is 1.47. The number of hydrogen-bond donors (Lipinski definition) is 1. The third-order valence-electron chi connectivity index (χ3n) is 2.54. The van der Waals surface area contributed by atoms with E-state index in [1.165, 1.54) is 7.05 Å². The Hall–Kier alpha value is -1.84. The zero-order valence-corrected chi connectivity index (χ0v) is 9.38. The molecule has 1 atom stereocenters. The highest BCUT2D eigenvalue weighted by Crippen LogP contribution is 2.22. The summed E-state index contributed by atoms with van der Waals surface area (Å²) in [6.07, 6.45) is 1.28. The second-order valence-electron chi connectivity index (χ2n) is 3.56. The van der Waals surface area contributed by atoms with Gasteiger partial charge in [0.05, 0.1) is 0 Å². The molecular weight excluding hydrogens is 206 g/mol. The average Bonchev–Trinajstić information content (AvgIpc) is 2.29. The molecule has 0 aromatic heterocycles. The minimum absolute atomic E-state index is 0.533.